The maximum Gasteiger partial charge on any atom is 0.245 e. The van der Waals surface area contributed by atoms with Gasteiger partial charge in [-0.1, -0.05) is 12.2 Å². The van der Waals surface area contributed by atoms with Gasteiger partial charge in [0.05, 0.1) is 6.04 Å². The first kappa shape index (κ1) is 16.8. The van der Waals surface area contributed by atoms with Gasteiger partial charge in [0.25, 0.3) is 0 Å². The van der Waals surface area contributed by atoms with Crippen LogP contribution >= 0.6 is 0 Å². The topological polar surface area (TPSA) is 54.7 Å². The van der Waals surface area contributed by atoms with Crippen molar-refractivity contribution in [2.45, 2.75) is 37.8 Å². The molecule has 1 fully saturated rings. The Balaban J connectivity index is 1.51. The number of hydrogen-bond acceptors (Lipinski definition) is 4. The van der Waals surface area contributed by atoms with Crippen LogP contribution in [0.25, 0.3) is 11.0 Å². The number of fused-ring (bicyclic) bond motifs is 1. The lowest BCUT2D eigenvalue weighted by Gasteiger charge is -2.51. The van der Waals surface area contributed by atoms with Gasteiger partial charge in [-0.05, 0) is 56.5 Å². The first-order chi connectivity index (χ1) is 12.6. The van der Waals surface area contributed by atoms with Crippen LogP contribution in [0, 0.1) is 6.92 Å². The van der Waals surface area contributed by atoms with Gasteiger partial charge in [0.2, 0.25) is 5.91 Å². The smallest absolute Gasteiger partial charge is 0.245 e. The third kappa shape index (κ3) is 2.77. The molecule has 26 heavy (non-hydrogen) atoms. The van der Waals surface area contributed by atoms with E-state index >= 15 is 0 Å². The van der Waals surface area contributed by atoms with E-state index in [1.807, 2.05) is 49.5 Å². The SMILES string of the molecule is CNC(=O)C1(N2C=CC=CC2COc2ccc3oc(C)cc3c2)CCC1. The number of amides is 1. The summed E-state index contributed by atoms with van der Waals surface area (Å²) in [6.45, 7) is 2.43. The van der Waals surface area contributed by atoms with E-state index in [0.29, 0.717) is 6.61 Å². The van der Waals surface area contributed by atoms with E-state index in [9.17, 15) is 4.79 Å². The summed E-state index contributed by atoms with van der Waals surface area (Å²) in [6.07, 6.45) is 11.0. The molecule has 1 saturated carbocycles. The second-order valence-electron chi connectivity index (χ2n) is 7.03. The third-order valence-electron chi connectivity index (χ3n) is 5.40. The second-order valence-corrected chi connectivity index (χ2v) is 7.03. The molecule has 0 saturated heterocycles. The van der Waals surface area contributed by atoms with E-state index < -0.39 is 5.54 Å². The van der Waals surface area contributed by atoms with Crippen molar-refractivity contribution in [3.05, 3.63) is 54.5 Å². The molecule has 2 heterocycles. The van der Waals surface area contributed by atoms with Crippen molar-refractivity contribution in [2.75, 3.05) is 13.7 Å². The molecule has 1 unspecified atom stereocenters. The Morgan fingerprint density at radius 2 is 2.19 bits per heavy atom. The number of nitrogens with zero attached hydrogens (tertiary/aromatic N) is 1. The van der Waals surface area contributed by atoms with Gasteiger partial charge in [0, 0.05) is 18.6 Å². The van der Waals surface area contributed by atoms with Gasteiger partial charge in [-0.15, -0.1) is 0 Å². The molecule has 2 aromatic rings. The maximum absolute atomic E-state index is 12.5. The van der Waals surface area contributed by atoms with Gasteiger partial charge in [-0.2, -0.15) is 0 Å². The molecule has 1 N–H and O–H groups in total. The number of likely N-dealkylation sites (N-methyl/N-ethyl adjacent to an activating group) is 1. The molecular formula is C21H24N2O3. The van der Waals surface area contributed by atoms with Crippen molar-refractivity contribution in [2.24, 2.45) is 0 Å². The van der Waals surface area contributed by atoms with E-state index in [2.05, 4.69) is 16.3 Å². The molecule has 1 aliphatic heterocycles. The summed E-state index contributed by atoms with van der Waals surface area (Å²) in [5, 5.41) is 3.87. The van der Waals surface area contributed by atoms with Crippen LogP contribution in [-0.4, -0.2) is 36.0 Å². The minimum atomic E-state index is -0.449. The van der Waals surface area contributed by atoms with Crippen LogP contribution in [0.1, 0.15) is 25.0 Å². The Morgan fingerprint density at radius 3 is 2.92 bits per heavy atom. The number of allylic oxidation sites excluding steroid dienone is 2. The third-order valence-corrected chi connectivity index (χ3v) is 5.40. The average molecular weight is 352 g/mol. The molecule has 5 heteroatoms. The van der Waals surface area contributed by atoms with Crippen LogP contribution in [0.3, 0.4) is 0 Å². The predicted octanol–water partition coefficient (Wildman–Crippen LogP) is 3.54. The molecule has 1 aromatic heterocycles. The van der Waals surface area contributed by atoms with Crippen LogP contribution < -0.4 is 10.1 Å². The molecule has 1 aromatic carbocycles. The zero-order chi connectivity index (χ0) is 18.1. The van der Waals surface area contributed by atoms with Crippen molar-refractivity contribution in [3.63, 3.8) is 0 Å². The highest BCUT2D eigenvalue weighted by molar-refractivity contribution is 5.87. The summed E-state index contributed by atoms with van der Waals surface area (Å²) in [5.41, 5.74) is 0.417. The van der Waals surface area contributed by atoms with Gasteiger partial charge in [0.1, 0.15) is 29.2 Å². The standard InChI is InChI=1S/C21H24N2O3/c1-15-12-16-13-18(7-8-19(16)26-15)25-14-17-6-3-4-11-23(17)21(9-5-10-21)20(24)22-2/h3-4,6-8,11-13,17H,5,9-10,14H2,1-2H3,(H,22,24). The van der Waals surface area contributed by atoms with Crippen molar-refractivity contribution >= 4 is 16.9 Å². The summed E-state index contributed by atoms with van der Waals surface area (Å²) >= 11 is 0. The minimum Gasteiger partial charge on any atom is -0.491 e. The van der Waals surface area contributed by atoms with Gasteiger partial charge < -0.3 is 19.4 Å². The molecular weight excluding hydrogens is 328 g/mol. The first-order valence-electron chi connectivity index (χ1n) is 9.11. The van der Waals surface area contributed by atoms with Crippen LogP contribution in [0.4, 0.5) is 0 Å². The number of nitrogens with one attached hydrogen (secondary N) is 1. The zero-order valence-corrected chi connectivity index (χ0v) is 15.2. The van der Waals surface area contributed by atoms with Gasteiger partial charge in [-0.25, -0.2) is 0 Å². The molecule has 1 atom stereocenters. The fourth-order valence-corrected chi connectivity index (χ4v) is 3.91. The van der Waals surface area contributed by atoms with Crippen molar-refractivity contribution in [1.82, 2.24) is 10.2 Å². The predicted molar refractivity (Wildman–Crippen MR) is 101 cm³/mol. The number of hydrogen-bond donors (Lipinski definition) is 1. The second kappa shape index (κ2) is 6.56. The summed E-state index contributed by atoms with van der Waals surface area (Å²) < 4.78 is 11.7. The number of ether oxygens (including phenoxy) is 1. The summed E-state index contributed by atoms with van der Waals surface area (Å²) in [7, 11) is 1.71. The molecule has 136 valence electrons. The number of rotatable bonds is 5. The highest BCUT2D eigenvalue weighted by Crippen LogP contribution is 2.40. The monoisotopic (exact) mass is 352 g/mol. The van der Waals surface area contributed by atoms with E-state index in [1.165, 1.54) is 0 Å². The highest BCUT2D eigenvalue weighted by atomic mass is 16.5. The van der Waals surface area contributed by atoms with Crippen molar-refractivity contribution in [1.29, 1.82) is 0 Å². The van der Waals surface area contributed by atoms with Crippen molar-refractivity contribution in [3.8, 4) is 5.75 Å². The molecule has 0 bridgehead atoms. The minimum absolute atomic E-state index is 0.0272. The Hall–Kier alpha value is -2.69. The molecule has 0 spiro atoms. The van der Waals surface area contributed by atoms with Gasteiger partial charge >= 0.3 is 0 Å². The van der Waals surface area contributed by atoms with Crippen LogP contribution in [-0.2, 0) is 4.79 Å². The Labute approximate surface area is 153 Å². The molecule has 5 nitrogen and oxygen atoms in total. The number of carbonyl (C=O) groups is 1. The first-order valence-corrected chi connectivity index (χ1v) is 9.11. The Bertz CT molecular complexity index is 877. The number of benzene rings is 1. The van der Waals surface area contributed by atoms with Crippen LogP contribution in [0.15, 0.2) is 53.1 Å². The lowest BCUT2D eigenvalue weighted by atomic mass is 9.73. The fraction of sp³-hybridized carbons (Fsp3) is 0.381. The van der Waals surface area contributed by atoms with E-state index in [0.717, 1.165) is 41.7 Å². The lowest BCUT2D eigenvalue weighted by molar-refractivity contribution is -0.138. The molecule has 4 rings (SSSR count). The van der Waals surface area contributed by atoms with E-state index in [-0.39, 0.29) is 11.9 Å². The van der Waals surface area contributed by atoms with Crippen LogP contribution in [0.5, 0.6) is 5.75 Å². The number of aryl methyl sites for hydroxylation is 1. The molecule has 1 amide bonds. The summed E-state index contributed by atoms with van der Waals surface area (Å²) in [5.74, 6) is 1.79. The lowest BCUT2D eigenvalue weighted by Crippen LogP contribution is -2.64. The summed E-state index contributed by atoms with van der Waals surface area (Å²) in [4.78, 5) is 14.7. The zero-order valence-electron chi connectivity index (χ0n) is 15.2. The Morgan fingerprint density at radius 1 is 1.35 bits per heavy atom. The normalized spacial score (nSPS) is 20.8. The number of furan rings is 1. The Kier molecular flexibility index (Phi) is 4.23. The molecule has 1 aliphatic carbocycles. The van der Waals surface area contributed by atoms with Gasteiger partial charge in [-0.3, -0.25) is 4.79 Å². The number of carbonyl (C=O) groups excluding carboxylic acids is 1. The van der Waals surface area contributed by atoms with E-state index in [1.54, 1.807) is 7.05 Å². The van der Waals surface area contributed by atoms with E-state index in [4.69, 9.17) is 9.15 Å². The quantitative estimate of drug-likeness (QED) is 0.894. The highest BCUT2D eigenvalue weighted by Gasteiger charge is 2.49. The maximum atomic E-state index is 12.5. The molecule has 0 radical (unpaired) electrons. The summed E-state index contributed by atoms with van der Waals surface area (Å²) in [6, 6.07) is 7.89. The largest absolute Gasteiger partial charge is 0.491 e. The van der Waals surface area contributed by atoms with Crippen LogP contribution in [0.2, 0.25) is 0 Å². The average Bonchev–Trinajstić information content (AvgIpc) is 2.99. The molecule has 2 aliphatic rings. The van der Waals surface area contributed by atoms with Crippen molar-refractivity contribution < 1.29 is 13.9 Å². The fourth-order valence-electron chi connectivity index (χ4n) is 3.91. The van der Waals surface area contributed by atoms with Gasteiger partial charge in [0.15, 0.2) is 0 Å².